The van der Waals surface area contributed by atoms with E-state index in [9.17, 15) is 4.79 Å². The fraction of sp³-hybridized carbons (Fsp3) is 0.115. The van der Waals surface area contributed by atoms with E-state index in [-0.39, 0.29) is 12.5 Å². The topological polar surface area (TPSA) is 59.6 Å². The smallest absolute Gasteiger partial charge is 0.243 e. The molecule has 0 saturated carbocycles. The molecule has 0 aliphatic heterocycles. The average molecular weight is 412 g/mol. The van der Waals surface area contributed by atoms with Crippen LogP contribution in [0.25, 0.3) is 10.8 Å². The molecular formula is C26H24N2O3. The molecule has 0 spiro atoms. The number of para-hydroxylation sites is 3. The molecule has 1 amide bonds. The summed E-state index contributed by atoms with van der Waals surface area (Å²) in [4.78, 5) is 12.4. The van der Waals surface area contributed by atoms with Crippen molar-refractivity contribution in [3.05, 3.63) is 97.1 Å². The molecule has 0 atom stereocenters. The van der Waals surface area contributed by atoms with Gasteiger partial charge in [-0.2, -0.15) is 0 Å². The third-order valence-electron chi connectivity index (χ3n) is 4.71. The number of amides is 1. The Bertz CT molecular complexity index is 1150. The van der Waals surface area contributed by atoms with Crippen LogP contribution in [0.3, 0.4) is 0 Å². The average Bonchev–Trinajstić information content (AvgIpc) is 2.82. The molecule has 5 heteroatoms. The van der Waals surface area contributed by atoms with E-state index in [1.165, 1.54) is 0 Å². The molecule has 0 aromatic heterocycles. The summed E-state index contributed by atoms with van der Waals surface area (Å²) in [5, 5.41) is 8.31. The molecule has 4 aromatic rings. The van der Waals surface area contributed by atoms with Gasteiger partial charge >= 0.3 is 0 Å². The molecule has 0 heterocycles. The van der Waals surface area contributed by atoms with Gasteiger partial charge in [-0.15, -0.1) is 0 Å². The van der Waals surface area contributed by atoms with Gasteiger partial charge in [-0.1, -0.05) is 60.7 Å². The number of nitrogens with one attached hydrogen (secondary N) is 2. The Morgan fingerprint density at radius 2 is 1.42 bits per heavy atom. The molecule has 0 aliphatic rings. The molecule has 0 saturated heterocycles. The van der Waals surface area contributed by atoms with E-state index < -0.39 is 0 Å². The standard InChI is InChI=1S/C26H24N2O3/c29-26(28-22-15-14-20-8-4-5-9-21(20)18-22)19-27-24-12-6-7-13-25(24)31-17-16-30-23-10-2-1-3-11-23/h1-15,18,27H,16-17,19H2,(H,28,29). The lowest BCUT2D eigenvalue weighted by Crippen LogP contribution is -2.22. The maximum absolute atomic E-state index is 12.4. The van der Waals surface area contributed by atoms with Crippen LogP contribution >= 0.6 is 0 Å². The predicted octanol–water partition coefficient (Wildman–Crippen LogP) is 5.35. The molecule has 31 heavy (non-hydrogen) atoms. The van der Waals surface area contributed by atoms with E-state index in [0.29, 0.717) is 19.0 Å². The van der Waals surface area contributed by atoms with Crippen LogP contribution < -0.4 is 20.1 Å². The van der Waals surface area contributed by atoms with E-state index >= 15 is 0 Å². The monoisotopic (exact) mass is 412 g/mol. The molecule has 4 aromatic carbocycles. The first-order chi connectivity index (χ1) is 15.3. The van der Waals surface area contributed by atoms with Gasteiger partial charge in [-0.3, -0.25) is 4.79 Å². The molecule has 2 N–H and O–H groups in total. The molecule has 0 bridgehead atoms. The maximum Gasteiger partial charge on any atom is 0.243 e. The Hall–Kier alpha value is -3.99. The van der Waals surface area contributed by atoms with E-state index in [0.717, 1.165) is 27.9 Å². The number of carbonyl (C=O) groups excluding carboxylic acids is 1. The van der Waals surface area contributed by atoms with E-state index in [1.54, 1.807) is 0 Å². The Labute approximate surface area is 181 Å². The molecule has 0 fully saturated rings. The Morgan fingerprint density at radius 3 is 2.29 bits per heavy atom. The molecule has 5 nitrogen and oxygen atoms in total. The second-order valence-corrected chi connectivity index (χ2v) is 6.97. The number of carbonyl (C=O) groups is 1. The molecule has 0 radical (unpaired) electrons. The molecule has 0 unspecified atom stereocenters. The number of ether oxygens (including phenoxy) is 2. The van der Waals surface area contributed by atoms with Gasteiger partial charge in [-0.05, 0) is 47.2 Å². The van der Waals surface area contributed by atoms with E-state index in [4.69, 9.17) is 9.47 Å². The van der Waals surface area contributed by atoms with Crippen molar-refractivity contribution in [2.45, 2.75) is 0 Å². The Balaban J connectivity index is 1.28. The molecule has 0 aliphatic carbocycles. The lowest BCUT2D eigenvalue weighted by Gasteiger charge is -2.14. The van der Waals surface area contributed by atoms with Crippen molar-refractivity contribution in [1.82, 2.24) is 0 Å². The van der Waals surface area contributed by atoms with Crippen LogP contribution in [0.1, 0.15) is 0 Å². The first kappa shape index (κ1) is 20.3. The van der Waals surface area contributed by atoms with Crippen LogP contribution in [0.5, 0.6) is 11.5 Å². The highest BCUT2D eigenvalue weighted by molar-refractivity contribution is 5.96. The highest BCUT2D eigenvalue weighted by Gasteiger charge is 2.07. The third kappa shape index (κ3) is 5.76. The van der Waals surface area contributed by atoms with Crippen LogP contribution in [0.2, 0.25) is 0 Å². The van der Waals surface area contributed by atoms with Crippen molar-refractivity contribution in [3.8, 4) is 11.5 Å². The van der Waals surface area contributed by atoms with Gasteiger partial charge in [0.25, 0.3) is 0 Å². The van der Waals surface area contributed by atoms with Gasteiger partial charge in [-0.25, -0.2) is 0 Å². The Morgan fingerprint density at radius 1 is 0.710 bits per heavy atom. The third-order valence-corrected chi connectivity index (χ3v) is 4.71. The number of anilines is 2. The number of hydrogen-bond donors (Lipinski definition) is 2. The summed E-state index contributed by atoms with van der Waals surface area (Å²) in [6.45, 7) is 0.964. The zero-order chi connectivity index (χ0) is 21.3. The first-order valence-corrected chi connectivity index (χ1v) is 10.2. The van der Waals surface area contributed by atoms with Crippen molar-refractivity contribution in [3.63, 3.8) is 0 Å². The summed E-state index contributed by atoms with van der Waals surface area (Å²) >= 11 is 0. The van der Waals surface area contributed by atoms with Crippen LogP contribution in [-0.4, -0.2) is 25.7 Å². The number of benzene rings is 4. The SMILES string of the molecule is O=C(CNc1ccccc1OCCOc1ccccc1)Nc1ccc2ccccc2c1. The van der Waals surface area contributed by atoms with Gasteiger partial charge in [0.05, 0.1) is 12.2 Å². The zero-order valence-electron chi connectivity index (χ0n) is 17.1. The maximum atomic E-state index is 12.4. The minimum Gasteiger partial charge on any atom is -0.490 e. The fourth-order valence-corrected chi connectivity index (χ4v) is 3.21. The lowest BCUT2D eigenvalue weighted by molar-refractivity contribution is -0.114. The first-order valence-electron chi connectivity index (χ1n) is 10.2. The predicted molar refractivity (Wildman–Crippen MR) is 125 cm³/mol. The van der Waals surface area contributed by atoms with Gasteiger partial charge in [0.1, 0.15) is 24.7 Å². The lowest BCUT2D eigenvalue weighted by atomic mass is 10.1. The normalized spacial score (nSPS) is 10.5. The summed E-state index contributed by atoms with van der Waals surface area (Å²) in [6, 6.07) is 31.1. The molecule has 4 rings (SSSR count). The van der Waals surface area contributed by atoms with Crippen molar-refractivity contribution >= 4 is 28.1 Å². The van der Waals surface area contributed by atoms with E-state index in [2.05, 4.69) is 10.6 Å². The number of rotatable bonds is 9. The van der Waals surface area contributed by atoms with Crippen LogP contribution in [0.15, 0.2) is 97.1 Å². The summed E-state index contributed by atoms with van der Waals surface area (Å²) in [5.41, 5.74) is 1.53. The summed E-state index contributed by atoms with van der Waals surface area (Å²) in [5.74, 6) is 1.36. The molecule has 156 valence electrons. The van der Waals surface area contributed by atoms with Crippen LogP contribution in [0.4, 0.5) is 11.4 Å². The Kier molecular flexibility index (Phi) is 6.65. The van der Waals surface area contributed by atoms with Gasteiger partial charge in [0.15, 0.2) is 0 Å². The van der Waals surface area contributed by atoms with Crippen molar-refractivity contribution in [2.75, 3.05) is 30.4 Å². The zero-order valence-corrected chi connectivity index (χ0v) is 17.1. The van der Waals surface area contributed by atoms with Gasteiger partial charge in [0.2, 0.25) is 5.91 Å². The van der Waals surface area contributed by atoms with Crippen molar-refractivity contribution < 1.29 is 14.3 Å². The second-order valence-electron chi connectivity index (χ2n) is 6.97. The minimum absolute atomic E-state index is 0.127. The highest BCUT2D eigenvalue weighted by atomic mass is 16.5. The summed E-state index contributed by atoms with van der Waals surface area (Å²) < 4.78 is 11.5. The fourth-order valence-electron chi connectivity index (χ4n) is 3.21. The van der Waals surface area contributed by atoms with Crippen molar-refractivity contribution in [1.29, 1.82) is 0 Å². The largest absolute Gasteiger partial charge is 0.490 e. The van der Waals surface area contributed by atoms with Gasteiger partial charge < -0.3 is 20.1 Å². The quantitative estimate of drug-likeness (QED) is 0.364. The van der Waals surface area contributed by atoms with E-state index in [1.807, 2.05) is 97.1 Å². The highest BCUT2D eigenvalue weighted by Crippen LogP contribution is 2.24. The van der Waals surface area contributed by atoms with Gasteiger partial charge in [0, 0.05) is 5.69 Å². The molecular weight excluding hydrogens is 388 g/mol. The number of hydrogen-bond acceptors (Lipinski definition) is 4. The summed E-state index contributed by atoms with van der Waals surface area (Å²) in [7, 11) is 0. The summed E-state index contributed by atoms with van der Waals surface area (Å²) in [6.07, 6.45) is 0. The second kappa shape index (κ2) is 10.2. The number of fused-ring (bicyclic) bond motifs is 1. The minimum atomic E-state index is -0.127. The van der Waals surface area contributed by atoms with Crippen LogP contribution in [-0.2, 0) is 4.79 Å². The van der Waals surface area contributed by atoms with Crippen LogP contribution in [0, 0.1) is 0 Å². The van der Waals surface area contributed by atoms with Crippen molar-refractivity contribution in [2.24, 2.45) is 0 Å².